The molecule has 1 N–H and O–H groups in total. The first-order valence-corrected chi connectivity index (χ1v) is 5.63. The largest absolute Gasteiger partial charge is 0.382 e. The zero-order valence-corrected chi connectivity index (χ0v) is 9.56. The van der Waals surface area contributed by atoms with Crippen molar-refractivity contribution in [1.29, 1.82) is 0 Å². The summed E-state index contributed by atoms with van der Waals surface area (Å²) in [6, 6.07) is 11.2. The number of pyridine rings is 1. The predicted molar refractivity (Wildman–Crippen MR) is 67.8 cm³/mol. The lowest BCUT2D eigenvalue weighted by Crippen LogP contribution is -2.02. The van der Waals surface area contributed by atoms with E-state index in [-0.39, 0.29) is 0 Å². The van der Waals surface area contributed by atoms with Crippen LogP contribution in [-0.2, 0) is 0 Å². The molecule has 0 saturated carbocycles. The standard InChI is InChI=1S/C14H11N3O/c18-14(13-5-7-15-9-17-13)11-3-4-12-10(8-11)2-1-6-16-12/h1-9,14,18H. The summed E-state index contributed by atoms with van der Waals surface area (Å²) in [7, 11) is 0. The Hall–Kier alpha value is -2.33. The van der Waals surface area contributed by atoms with E-state index in [4.69, 9.17) is 0 Å². The average Bonchev–Trinajstić information content (AvgIpc) is 2.47. The van der Waals surface area contributed by atoms with E-state index in [2.05, 4.69) is 15.0 Å². The molecule has 0 aliphatic heterocycles. The van der Waals surface area contributed by atoms with E-state index in [0.717, 1.165) is 16.5 Å². The van der Waals surface area contributed by atoms with Gasteiger partial charge in [-0.25, -0.2) is 9.97 Å². The van der Waals surface area contributed by atoms with Crippen LogP contribution >= 0.6 is 0 Å². The van der Waals surface area contributed by atoms with E-state index in [1.54, 1.807) is 18.5 Å². The summed E-state index contributed by atoms with van der Waals surface area (Å²) in [5.74, 6) is 0. The molecule has 1 aromatic carbocycles. The van der Waals surface area contributed by atoms with E-state index in [1.807, 2.05) is 30.3 Å². The van der Waals surface area contributed by atoms with Gasteiger partial charge >= 0.3 is 0 Å². The van der Waals surface area contributed by atoms with Crippen molar-refractivity contribution in [2.24, 2.45) is 0 Å². The van der Waals surface area contributed by atoms with Crippen molar-refractivity contribution in [3.63, 3.8) is 0 Å². The maximum Gasteiger partial charge on any atom is 0.121 e. The van der Waals surface area contributed by atoms with Crippen molar-refractivity contribution in [3.05, 3.63) is 66.4 Å². The minimum Gasteiger partial charge on any atom is -0.382 e. The van der Waals surface area contributed by atoms with Crippen molar-refractivity contribution in [2.75, 3.05) is 0 Å². The molecule has 0 aliphatic rings. The fourth-order valence-corrected chi connectivity index (χ4v) is 1.90. The SMILES string of the molecule is OC(c1ccc2ncccc2c1)c1ccncn1. The fourth-order valence-electron chi connectivity index (χ4n) is 1.90. The second kappa shape index (κ2) is 4.50. The zero-order chi connectivity index (χ0) is 12.4. The predicted octanol–water partition coefficient (Wildman–Crippen LogP) is 2.11. The quantitative estimate of drug-likeness (QED) is 0.741. The van der Waals surface area contributed by atoms with Gasteiger partial charge in [0.2, 0.25) is 0 Å². The van der Waals surface area contributed by atoms with E-state index < -0.39 is 6.10 Å². The van der Waals surface area contributed by atoms with Crippen molar-refractivity contribution in [3.8, 4) is 0 Å². The van der Waals surface area contributed by atoms with Crippen molar-refractivity contribution in [2.45, 2.75) is 6.10 Å². The van der Waals surface area contributed by atoms with Gasteiger partial charge in [-0.05, 0) is 29.8 Å². The lowest BCUT2D eigenvalue weighted by atomic mass is 10.0. The summed E-state index contributed by atoms with van der Waals surface area (Å²) in [5.41, 5.74) is 2.30. The highest BCUT2D eigenvalue weighted by Crippen LogP contribution is 2.22. The number of aliphatic hydroxyl groups is 1. The van der Waals surface area contributed by atoms with Gasteiger partial charge in [0.1, 0.15) is 12.4 Å². The zero-order valence-electron chi connectivity index (χ0n) is 9.56. The van der Waals surface area contributed by atoms with E-state index >= 15 is 0 Å². The van der Waals surface area contributed by atoms with Crippen LogP contribution in [0, 0.1) is 0 Å². The normalized spacial score (nSPS) is 12.5. The van der Waals surface area contributed by atoms with Crippen LogP contribution in [0.25, 0.3) is 10.9 Å². The molecule has 0 radical (unpaired) electrons. The summed E-state index contributed by atoms with van der Waals surface area (Å²) < 4.78 is 0. The maximum atomic E-state index is 10.2. The lowest BCUT2D eigenvalue weighted by Gasteiger charge is -2.10. The third-order valence-corrected chi connectivity index (χ3v) is 2.83. The monoisotopic (exact) mass is 237 g/mol. The highest BCUT2D eigenvalue weighted by molar-refractivity contribution is 5.79. The van der Waals surface area contributed by atoms with Crippen LogP contribution in [0.3, 0.4) is 0 Å². The molecule has 1 unspecified atom stereocenters. The topological polar surface area (TPSA) is 58.9 Å². The van der Waals surface area contributed by atoms with Gasteiger partial charge in [0, 0.05) is 17.8 Å². The van der Waals surface area contributed by atoms with E-state index in [0.29, 0.717) is 5.69 Å². The van der Waals surface area contributed by atoms with Crippen LogP contribution in [0.15, 0.2) is 55.1 Å². The third kappa shape index (κ3) is 1.94. The van der Waals surface area contributed by atoms with Crippen LogP contribution in [0.4, 0.5) is 0 Å². The molecule has 0 amide bonds. The Morgan fingerprint density at radius 3 is 2.78 bits per heavy atom. The Kier molecular flexibility index (Phi) is 2.70. The number of rotatable bonds is 2. The highest BCUT2D eigenvalue weighted by atomic mass is 16.3. The molecule has 2 heterocycles. The van der Waals surface area contributed by atoms with Gasteiger partial charge in [0.15, 0.2) is 0 Å². The molecule has 18 heavy (non-hydrogen) atoms. The Labute approximate surface area is 104 Å². The minimum absolute atomic E-state index is 0.591. The van der Waals surface area contributed by atoms with Crippen molar-refractivity contribution in [1.82, 2.24) is 15.0 Å². The highest BCUT2D eigenvalue weighted by Gasteiger charge is 2.11. The summed E-state index contributed by atoms with van der Waals surface area (Å²) in [5, 5.41) is 11.2. The lowest BCUT2D eigenvalue weighted by molar-refractivity contribution is 0.215. The minimum atomic E-state index is -0.738. The molecule has 0 bridgehead atoms. The molecule has 4 heteroatoms. The smallest absolute Gasteiger partial charge is 0.121 e. The molecule has 0 spiro atoms. The van der Waals surface area contributed by atoms with Gasteiger partial charge in [0.25, 0.3) is 0 Å². The fraction of sp³-hybridized carbons (Fsp3) is 0.0714. The Balaban J connectivity index is 2.04. The number of fused-ring (bicyclic) bond motifs is 1. The van der Waals surface area contributed by atoms with Gasteiger partial charge in [0.05, 0.1) is 11.2 Å². The second-order valence-corrected chi connectivity index (χ2v) is 3.99. The molecular weight excluding hydrogens is 226 g/mol. The van der Waals surface area contributed by atoms with E-state index in [1.165, 1.54) is 6.33 Å². The third-order valence-electron chi connectivity index (χ3n) is 2.83. The number of nitrogens with zero attached hydrogens (tertiary/aromatic N) is 3. The molecule has 3 aromatic rings. The molecule has 2 aromatic heterocycles. The first kappa shape index (κ1) is 10.8. The Bertz CT molecular complexity index is 670. The summed E-state index contributed by atoms with van der Waals surface area (Å²) >= 11 is 0. The molecular formula is C14H11N3O. The van der Waals surface area contributed by atoms with Crippen molar-refractivity contribution >= 4 is 10.9 Å². The number of hydrogen-bond donors (Lipinski definition) is 1. The first-order chi connectivity index (χ1) is 8.84. The molecule has 88 valence electrons. The number of hydrogen-bond acceptors (Lipinski definition) is 4. The van der Waals surface area contributed by atoms with Crippen LogP contribution in [-0.4, -0.2) is 20.1 Å². The summed E-state index contributed by atoms with van der Waals surface area (Å²) in [6.45, 7) is 0. The Morgan fingerprint density at radius 1 is 1.00 bits per heavy atom. The summed E-state index contributed by atoms with van der Waals surface area (Å²) in [6.07, 6.45) is 4.07. The van der Waals surface area contributed by atoms with Crippen LogP contribution in [0.1, 0.15) is 17.4 Å². The van der Waals surface area contributed by atoms with Crippen LogP contribution in [0.2, 0.25) is 0 Å². The van der Waals surface area contributed by atoms with Gasteiger partial charge in [-0.1, -0.05) is 12.1 Å². The summed E-state index contributed by atoms with van der Waals surface area (Å²) in [4.78, 5) is 12.1. The first-order valence-electron chi connectivity index (χ1n) is 5.63. The van der Waals surface area contributed by atoms with Crippen LogP contribution in [0.5, 0.6) is 0 Å². The van der Waals surface area contributed by atoms with Crippen molar-refractivity contribution < 1.29 is 5.11 Å². The number of aromatic nitrogens is 3. The van der Waals surface area contributed by atoms with Crippen LogP contribution < -0.4 is 0 Å². The molecule has 0 saturated heterocycles. The van der Waals surface area contributed by atoms with Gasteiger partial charge in [-0.2, -0.15) is 0 Å². The van der Waals surface area contributed by atoms with Gasteiger partial charge in [-0.3, -0.25) is 4.98 Å². The molecule has 0 aliphatic carbocycles. The Morgan fingerprint density at radius 2 is 1.94 bits per heavy atom. The number of aliphatic hydroxyl groups excluding tert-OH is 1. The number of benzene rings is 1. The second-order valence-electron chi connectivity index (χ2n) is 3.99. The molecule has 3 rings (SSSR count). The maximum absolute atomic E-state index is 10.2. The molecule has 1 atom stereocenters. The van der Waals surface area contributed by atoms with E-state index in [9.17, 15) is 5.11 Å². The average molecular weight is 237 g/mol. The van der Waals surface area contributed by atoms with Gasteiger partial charge < -0.3 is 5.11 Å². The molecule has 4 nitrogen and oxygen atoms in total. The molecule has 0 fully saturated rings. The van der Waals surface area contributed by atoms with Gasteiger partial charge in [-0.15, -0.1) is 0 Å².